The SMILES string of the molecule is CCCCOc1ccc(OCCCC)c2cc(C=O)ccc12. The molecule has 0 aliphatic heterocycles. The quantitative estimate of drug-likeness (QED) is 0.482. The fourth-order valence-corrected chi connectivity index (χ4v) is 2.29. The van der Waals surface area contributed by atoms with Gasteiger partial charge in [0.2, 0.25) is 0 Å². The number of rotatable bonds is 9. The zero-order valence-electron chi connectivity index (χ0n) is 13.4. The molecule has 0 aromatic heterocycles. The lowest BCUT2D eigenvalue weighted by molar-refractivity contribution is 0.112. The number of carbonyl (C=O) groups excluding carboxylic acids is 1. The fraction of sp³-hybridized carbons (Fsp3) is 0.421. The average molecular weight is 300 g/mol. The molecule has 3 nitrogen and oxygen atoms in total. The van der Waals surface area contributed by atoms with Gasteiger partial charge in [0.05, 0.1) is 13.2 Å². The summed E-state index contributed by atoms with van der Waals surface area (Å²) in [6.45, 7) is 5.67. The van der Waals surface area contributed by atoms with Gasteiger partial charge in [-0.05, 0) is 37.1 Å². The molecule has 3 heteroatoms. The highest BCUT2D eigenvalue weighted by Crippen LogP contribution is 2.34. The van der Waals surface area contributed by atoms with Crippen molar-refractivity contribution >= 4 is 17.1 Å². The Bertz CT molecular complexity index is 619. The Kier molecular flexibility index (Phi) is 6.26. The van der Waals surface area contributed by atoms with Gasteiger partial charge in [0, 0.05) is 16.3 Å². The molecule has 0 fully saturated rings. The van der Waals surface area contributed by atoms with Gasteiger partial charge in [-0.3, -0.25) is 4.79 Å². The first kappa shape index (κ1) is 16.3. The van der Waals surface area contributed by atoms with Crippen LogP contribution >= 0.6 is 0 Å². The first-order valence-electron chi connectivity index (χ1n) is 8.07. The van der Waals surface area contributed by atoms with E-state index in [-0.39, 0.29) is 0 Å². The van der Waals surface area contributed by atoms with Gasteiger partial charge in [-0.1, -0.05) is 32.8 Å². The highest BCUT2D eigenvalue weighted by molar-refractivity contribution is 5.96. The van der Waals surface area contributed by atoms with E-state index in [1.54, 1.807) is 0 Å². The van der Waals surface area contributed by atoms with Crippen LogP contribution in [0.25, 0.3) is 10.8 Å². The largest absolute Gasteiger partial charge is 0.493 e. The Morgan fingerprint density at radius 1 is 0.864 bits per heavy atom. The van der Waals surface area contributed by atoms with Gasteiger partial charge >= 0.3 is 0 Å². The number of ether oxygens (including phenoxy) is 2. The highest BCUT2D eigenvalue weighted by Gasteiger charge is 2.09. The van der Waals surface area contributed by atoms with Crippen LogP contribution in [0.4, 0.5) is 0 Å². The second kappa shape index (κ2) is 8.42. The van der Waals surface area contributed by atoms with Crippen molar-refractivity contribution in [1.82, 2.24) is 0 Å². The van der Waals surface area contributed by atoms with E-state index in [4.69, 9.17) is 9.47 Å². The normalized spacial score (nSPS) is 10.6. The number of aldehydes is 1. The van der Waals surface area contributed by atoms with Gasteiger partial charge in [-0.25, -0.2) is 0 Å². The number of hydrogen-bond donors (Lipinski definition) is 0. The van der Waals surface area contributed by atoms with Crippen molar-refractivity contribution in [3.63, 3.8) is 0 Å². The van der Waals surface area contributed by atoms with Gasteiger partial charge in [0.15, 0.2) is 0 Å². The molecule has 0 heterocycles. The van der Waals surface area contributed by atoms with Crippen molar-refractivity contribution in [2.24, 2.45) is 0 Å². The molecular weight excluding hydrogens is 276 g/mol. The number of unbranched alkanes of at least 4 members (excludes halogenated alkanes) is 2. The molecule has 0 N–H and O–H groups in total. The minimum atomic E-state index is 0.651. The lowest BCUT2D eigenvalue weighted by atomic mass is 10.1. The molecule has 2 aromatic rings. The van der Waals surface area contributed by atoms with E-state index in [1.165, 1.54) is 0 Å². The second-order valence-electron chi connectivity index (χ2n) is 5.39. The van der Waals surface area contributed by atoms with Gasteiger partial charge in [-0.2, -0.15) is 0 Å². The van der Waals surface area contributed by atoms with E-state index in [0.29, 0.717) is 18.8 Å². The van der Waals surface area contributed by atoms with Crippen molar-refractivity contribution in [3.8, 4) is 11.5 Å². The van der Waals surface area contributed by atoms with E-state index < -0.39 is 0 Å². The van der Waals surface area contributed by atoms with Crippen molar-refractivity contribution in [2.45, 2.75) is 39.5 Å². The summed E-state index contributed by atoms with van der Waals surface area (Å²) in [5.74, 6) is 1.67. The smallest absolute Gasteiger partial charge is 0.150 e. The lowest BCUT2D eigenvalue weighted by Gasteiger charge is -2.13. The monoisotopic (exact) mass is 300 g/mol. The van der Waals surface area contributed by atoms with Crippen molar-refractivity contribution < 1.29 is 14.3 Å². The summed E-state index contributed by atoms with van der Waals surface area (Å²) in [4.78, 5) is 11.0. The maximum Gasteiger partial charge on any atom is 0.150 e. The van der Waals surface area contributed by atoms with Crippen LogP contribution in [0.1, 0.15) is 49.9 Å². The number of fused-ring (bicyclic) bond motifs is 1. The standard InChI is InChI=1S/C19H24O3/c1-3-5-11-21-18-9-10-19(22-12-6-4-2)17-13-15(14-20)7-8-16(17)18/h7-10,13-14H,3-6,11-12H2,1-2H3. The molecule has 0 aliphatic carbocycles. The minimum Gasteiger partial charge on any atom is -0.493 e. The molecule has 0 saturated carbocycles. The van der Waals surface area contributed by atoms with Crippen LogP contribution in [0.15, 0.2) is 30.3 Å². The molecule has 0 amide bonds. The third-order valence-electron chi connectivity index (χ3n) is 3.61. The van der Waals surface area contributed by atoms with Gasteiger partial charge in [-0.15, -0.1) is 0 Å². The van der Waals surface area contributed by atoms with Crippen LogP contribution in [-0.2, 0) is 0 Å². The molecule has 22 heavy (non-hydrogen) atoms. The first-order valence-corrected chi connectivity index (χ1v) is 8.07. The zero-order valence-corrected chi connectivity index (χ0v) is 13.4. The molecule has 0 radical (unpaired) electrons. The van der Waals surface area contributed by atoms with Crippen LogP contribution < -0.4 is 9.47 Å². The number of hydrogen-bond acceptors (Lipinski definition) is 3. The summed E-state index contributed by atoms with van der Waals surface area (Å²) in [5.41, 5.74) is 0.651. The summed E-state index contributed by atoms with van der Waals surface area (Å²) >= 11 is 0. The molecule has 0 atom stereocenters. The number of carbonyl (C=O) groups is 1. The molecule has 2 rings (SSSR count). The van der Waals surface area contributed by atoms with Crippen LogP contribution in [-0.4, -0.2) is 19.5 Å². The molecule has 0 aliphatic rings. The van der Waals surface area contributed by atoms with Crippen molar-refractivity contribution in [2.75, 3.05) is 13.2 Å². The fourth-order valence-electron chi connectivity index (χ4n) is 2.29. The third kappa shape index (κ3) is 4.00. The minimum absolute atomic E-state index is 0.651. The molecule has 118 valence electrons. The zero-order chi connectivity index (χ0) is 15.8. The topological polar surface area (TPSA) is 35.5 Å². The summed E-state index contributed by atoms with van der Waals surface area (Å²) in [5, 5.41) is 1.94. The molecule has 0 bridgehead atoms. The van der Waals surface area contributed by atoms with E-state index in [2.05, 4.69) is 13.8 Å². The van der Waals surface area contributed by atoms with Crippen molar-refractivity contribution in [3.05, 3.63) is 35.9 Å². The van der Waals surface area contributed by atoms with Crippen LogP contribution in [0, 0.1) is 0 Å². The Balaban J connectivity index is 2.34. The van der Waals surface area contributed by atoms with Crippen molar-refractivity contribution in [1.29, 1.82) is 0 Å². The molecule has 0 unspecified atom stereocenters. The Labute approximate surface area is 132 Å². The number of benzene rings is 2. The predicted molar refractivity (Wildman–Crippen MR) is 90.1 cm³/mol. The van der Waals surface area contributed by atoms with Gasteiger partial charge < -0.3 is 9.47 Å². The van der Waals surface area contributed by atoms with E-state index in [0.717, 1.165) is 54.2 Å². The van der Waals surface area contributed by atoms with Gasteiger partial charge in [0.25, 0.3) is 0 Å². The van der Waals surface area contributed by atoms with E-state index in [1.807, 2.05) is 30.3 Å². The summed E-state index contributed by atoms with van der Waals surface area (Å²) < 4.78 is 11.7. The van der Waals surface area contributed by atoms with E-state index in [9.17, 15) is 4.79 Å². The van der Waals surface area contributed by atoms with Crippen LogP contribution in [0.3, 0.4) is 0 Å². The Hall–Kier alpha value is -2.03. The molecule has 0 saturated heterocycles. The van der Waals surface area contributed by atoms with Crippen LogP contribution in [0.5, 0.6) is 11.5 Å². The molecule has 2 aromatic carbocycles. The lowest BCUT2D eigenvalue weighted by Crippen LogP contribution is -2.00. The molecule has 0 spiro atoms. The predicted octanol–water partition coefficient (Wildman–Crippen LogP) is 5.01. The molecular formula is C19H24O3. The van der Waals surface area contributed by atoms with Crippen LogP contribution in [0.2, 0.25) is 0 Å². The van der Waals surface area contributed by atoms with E-state index >= 15 is 0 Å². The third-order valence-corrected chi connectivity index (χ3v) is 3.61. The first-order chi connectivity index (χ1) is 10.8. The average Bonchev–Trinajstić information content (AvgIpc) is 2.56. The Morgan fingerprint density at radius 2 is 1.45 bits per heavy atom. The maximum atomic E-state index is 11.0. The summed E-state index contributed by atoms with van der Waals surface area (Å²) in [6.07, 6.45) is 5.10. The summed E-state index contributed by atoms with van der Waals surface area (Å²) in [7, 11) is 0. The second-order valence-corrected chi connectivity index (χ2v) is 5.39. The summed E-state index contributed by atoms with van der Waals surface area (Å²) in [6, 6.07) is 9.52. The van der Waals surface area contributed by atoms with Gasteiger partial charge in [0.1, 0.15) is 17.8 Å². The Morgan fingerprint density at radius 3 is 2.00 bits per heavy atom. The maximum absolute atomic E-state index is 11.0. The highest BCUT2D eigenvalue weighted by atomic mass is 16.5.